The number of nitrogens with one attached hydrogen (secondary N) is 2. The molecule has 1 heterocycles. The van der Waals surface area contributed by atoms with Gasteiger partial charge in [0.25, 0.3) is 0 Å². The number of benzene rings is 1. The van der Waals surface area contributed by atoms with Gasteiger partial charge in [-0.1, -0.05) is 30.3 Å². The molecule has 2 N–H and O–H groups in total. The van der Waals surface area contributed by atoms with E-state index in [4.69, 9.17) is 0 Å². The number of rotatable bonds is 9. The molecule has 1 aromatic heterocycles. The summed E-state index contributed by atoms with van der Waals surface area (Å²) >= 11 is 1.73. The summed E-state index contributed by atoms with van der Waals surface area (Å²) < 4.78 is 0. The minimum Gasteiger partial charge on any atom is -0.357 e. The number of hydrogen-bond donors (Lipinski definition) is 2. The Morgan fingerprint density at radius 1 is 1.17 bits per heavy atom. The van der Waals surface area contributed by atoms with Gasteiger partial charge in [0.1, 0.15) is 6.54 Å². The SMILES string of the molecule is CCNC(=NCC(=O)N(CC)Cc1ccccc1)NCCc1nc(C)c(C)s1.I. The van der Waals surface area contributed by atoms with Crippen LogP contribution in [-0.2, 0) is 17.8 Å². The molecule has 160 valence electrons. The number of amides is 1. The van der Waals surface area contributed by atoms with Crippen molar-refractivity contribution in [3.63, 3.8) is 0 Å². The van der Waals surface area contributed by atoms with E-state index in [0.29, 0.717) is 19.0 Å². The number of guanidine groups is 1. The quantitative estimate of drug-likeness (QED) is 0.296. The van der Waals surface area contributed by atoms with E-state index in [9.17, 15) is 4.79 Å². The second kappa shape index (κ2) is 13.5. The van der Waals surface area contributed by atoms with Crippen molar-refractivity contribution in [2.45, 2.75) is 40.7 Å². The molecule has 1 amide bonds. The van der Waals surface area contributed by atoms with Gasteiger partial charge in [-0.3, -0.25) is 4.79 Å². The second-order valence-electron chi connectivity index (χ2n) is 6.51. The molecule has 0 unspecified atom stereocenters. The first kappa shape index (κ1) is 25.4. The van der Waals surface area contributed by atoms with Crippen LogP contribution in [0.2, 0.25) is 0 Å². The van der Waals surface area contributed by atoms with Crippen molar-refractivity contribution >= 4 is 47.2 Å². The Bertz CT molecular complexity index is 759. The van der Waals surface area contributed by atoms with Crippen molar-refractivity contribution in [1.82, 2.24) is 20.5 Å². The van der Waals surface area contributed by atoms with Gasteiger partial charge >= 0.3 is 0 Å². The highest BCUT2D eigenvalue weighted by atomic mass is 127. The number of aliphatic imine (C=N–C) groups is 1. The van der Waals surface area contributed by atoms with E-state index in [-0.39, 0.29) is 36.4 Å². The predicted octanol–water partition coefficient (Wildman–Crippen LogP) is 3.52. The number of likely N-dealkylation sites (N-methyl/N-ethyl adjacent to an activating group) is 1. The smallest absolute Gasteiger partial charge is 0.244 e. The zero-order valence-corrected chi connectivity index (χ0v) is 20.8. The molecule has 2 aromatic rings. The van der Waals surface area contributed by atoms with Crippen LogP contribution in [0.25, 0.3) is 0 Å². The fraction of sp³-hybridized carbons (Fsp3) is 0.476. The fourth-order valence-corrected chi connectivity index (χ4v) is 3.64. The molecule has 0 aliphatic heterocycles. The van der Waals surface area contributed by atoms with Gasteiger partial charge in [-0.2, -0.15) is 0 Å². The molecule has 0 atom stereocenters. The van der Waals surface area contributed by atoms with Gasteiger partial charge in [0.05, 0.1) is 10.7 Å². The summed E-state index contributed by atoms with van der Waals surface area (Å²) in [5, 5.41) is 7.61. The van der Waals surface area contributed by atoms with Crippen molar-refractivity contribution in [1.29, 1.82) is 0 Å². The van der Waals surface area contributed by atoms with Crippen LogP contribution in [0, 0.1) is 13.8 Å². The average molecular weight is 529 g/mol. The number of halogens is 1. The van der Waals surface area contributed by atoms with Crippen LogP contribution in [0.5, 0.6) is 0 Å². The number of nitrogens with zero attached hydrogens (tertiary/aromatic N) is 3. The zero-order chi connectivity index (χ0) is 20.4. The van der Waals surface area contributed by atoms with Gasteiger partial charge in [0.2, 0.25) is 5.91 Å². The van der Waals surface area contributed by atoms with E-state index in [2.05, 4.69) is 27.5 Å². The van der Waals surface area contributed by atoms with Gasteiger partial charge in [0.15, 0.2) is 5.96 Å². The lowest BCUT2D eigenvalue weighted by Crippen LogP contribution is -2.40. The van der Waals surface area contributed by atoms with Gasteiger partial charge in [0, 0.05) is 37.5 Å². The largest absolute Gasteiger partial charge is 0.357 e. The Kier molecular flexibility index (Phi) is 11.8. The Balaban J connectivity index is 0.00000420. The third-order valence-corrected chi connectivity index (χ3v) is 5.50. The maximum absolute atomic E-state index is 12.6. The number of hydrogen-bond acceptors (Lipinski definition) is 4. The van der Waals surface area contributed by atoms with Gasteiger partial charge in [-0.05, 0) is 33.3 Å². The van der Waals surface area contributed by atoms with Crippen molar-refractivity contribution in [3.05, 3.63) is 51.5 Å². The predicted molar refractivity (Wildman–Crippen MR) is 132 cm³/mol. The molecule has 1 aromatic carbocycles. The topological polar surface area (TPSA) is 69.6 Å². The molecule has 0 bridgehead atoms. The Morgan fingerprint density at radius 2 is 1.90 bits per heavy atom. The standard InChI is InChI=1S/C21H31N5OS.HI/c1-5-22-21(23-13-12-19-25-16(3)17(4)28-19)24-14-20(27)26(6-2)15-18-10-8-7-9-11-18;/h7-11H,5-6,12-15H2,1-4H3,(H2,22,23,24);1H. The van der Waals surface area contributed by atoms with Crippen LogP contribution in [0.3, 0.4) is 0 Å². The lowest BCUT2D eigenvalue weighted by Gasteiger charge is -2.20. The van der Waals surface area contributed by atoms with Crippen LogP contribution in [0.15, 0.2) is 35.3 Å². The zero-order valence-electron chi connectivity index (χ0n) is 17.7. The summed E-state index contributed by atoms with van der Waals surface area (Å²) in [6.07, 6.45) is 0.840. The number of thiazole rings is 1. The summed E-state index contributed by atoms with van der Waals surface area (Å²) in [6, 6.07) is 10.0. The Hall–Kier alpha value is -1.68. The third kappa shape index (κ3) is 8.69. The molecule has 29 heavy (non-hydrogen) atoms. The van der Waals surface area contributed by atoms with Gasteiger partial charge in [-0.25, -0.2) is 9.98 Å². The molecule has 0 fully saturated rings. The third-order valence-electron chi connectivity index (χ3n) is 4.37. The van der Waals surface area contributed by atoms with Gasteiger partial charge < -0.3 is 15.5 Å². The van der Waals surface area contributed by atoms with E-state index < -0.39 is 0 Å². The summed E-state index contributed by atoms with van der Waals surface area (Å²) in [5.74, 6) is 0.686. The normalized spacial score (nSPS) is 11.0. The van der Waals surface area contributed by atoms with Gasteiger partial charge in [-0.15, -0.1) is 35.3 Å². The van der Waals surface area contributed by atoms with Crippen LogP contribution in [0.1, 0.15) is 35.0 Å². The van der Waals surface area contributed by atoms with E-state index in [1.165, 1.54) is 4.88 Å². The average Bonchev–Trinajstić information content (AvgIpc) is 3.02. The molecule has 0 spiro atoms. The molecule has 0 aliphatic carbocycles. The highest BCUT2D eigenvalue weighted by Gasteiger charge is 2.12. The summed E-state index contributed by atoms with van der Waals surface area (Å²) in [7, 11) is 0. The lowest BCUT2D eigenvalue weighted by molar-refractivity contribution is -0.130. The summed E-state index contributed by atoms with van der Waals surface area (Å²) in [4.78, 5) is 24.7. The number of aryl methyl sites for hydroxylation is 2. The Morgan fingerprint density at radius 3 is 2.48 bits per heavy atom. The van der Waals surface area contributed by atoms with Crippen LogP contribution < -0.4 is 10.6 Å². The highest BCUT2D eigenvalue weighted by Crippen LogP contribution is 2.16. The minimum absolute atomic E-state index is 0. The summed E-state index contributed by atoms with van der Waals surface area (Å²) in [5.41, 5.74) is 2.23. The van der Waals surface area contributed by atoms with E-state index >= 15 is 0 Å². The molecule has 2 rings (SSSR count). The molecule has 0 saturated carbocycles. The molecule has 0 aliphatic rings. The Labute approximate surface area is 195 Å². The number of aromatic nitrogens is 1. The molecule has 6 nitrogen and oxygen atoms in total. The lowest BCUT2D eigenvalue weighted by atomic mass is 10.2. The molecule has 8 heteroatoms. The monoisotopic (exact) mass is 529 g/mol. The molecule has 0 saturated heterocycles. The first-order chi connectivity index (χ1) is 13.5. The first-order valence-corrected chi connectivity index (χ1v) is 10.6. The van der Waals surface area contributed by atoms with Crippen molar-refractivity contribution < 1.29 is 4.79 Å². The summed E-state index contributed by atoms with van der Waals surface area (Å²) in [6.45, 7) is 11.0. The maximum Gasteiger partial charge on any atom is 0.244 e. The highest BCUT2D eigenvalue weighted by molar-refractivity contribution is 14.0. The number of carbonyl (C=O) groups is 1. The van der Waals surface area contributed by atoms with Crippen molar-refractivity contribution in [2.75, 3.05) is 26.2 Å². The van der Waals surface area contributed by atoms with Crippen LogP contribution in [0.4, 0.5) is 0 Å². The van der Waals surface area contributed by atoms with Crippen molar-refractivity contribution in [3.8, 4) is 0 Å². The fourth-order valence-electron chi connectivity index (χ4n) is 2.70. The van der Waals surface area contributed by atoms with E-state index in [1.807, 2.05) is 56.0 Å². The molecular formula is C21H32IN5OS. The van der Waals surface area contributed by atoms with Crippen LogP contribution in [-0.4, -0.2) is 47.9 Å². The first-order valence-electron chi connectivity index (χ1n) is 9.80. The van der Waals surface area contributed by atoms with E-state index in [1.54, 1.807) is 11.3 Å². The van der Waals surface area contributed by atoms with E-state index in [0.717, 1.165) is 35.8 Å². The minimum atomic E-state index is 0. The maximum atomic E-state index is 12.6. The molecule has 0 radical (unpaired) electrons. The van der Waals surface area contributed by atoms with Crippen LogP contribution >= 0.6 is 35.3 Å². The second-order valence-corrected chi connectivity index (χ2v) is 7.80. The molecular weight excluding hydrogens is 497 g/mol. The number of carbonyl (C=O) groups excluding carboxylic acids is 1. The van der Waals surface area contributed by atoms with Crippen molar-refractivity contribution in [2.24, 2.45) is 4.99 Å².